The van der Waals surface area contributed by atoms with Gasteiger partial charge in [-0.15, -0.1) is 0 Å². The minimum Gasteiger partial charge on any atom is -0.373 e. The first-order valence-corrected chi connectivity index (χ1v) is 4.49. The van der Waals surface area contributed by atoms with E-state index in [4.69, 9.17) is 0 Å². The van der Waals surface area contributed by atoms with Crippen LogP contribution >= 0.6 is 0 Å². The van der Waals surface area contributed by atoms with Gasteiger partial charge in [-0.3, -0.25) is 0 Å². The Balaban J connectivity index is 2.13. The van der Waals surface area contributed by atoms with E-state index in [-0.39, 0.29) is 12.6 Å². The molecule has 0 aromatic carbocycles. The Labute approximate surface area is 79.6 Å². The van der Waals surface area contributed by atoms with Gasteiger partial charge in [0, 0.05) is 6.04 Å². The van der Waals surface area contributed by atoms with Gasteiger partial charge in [0.2, 0.25) is 0 Å². The highest BCUT2D eigenvalue weighted by molar-refractivity contribution is 4.74. The molecule has 0 saturated carbocycles. The fraction of sp³-hybridized carbons (Fsp3) is 1.00. The van der Waals surface area contributed by atoms with E-state index in [1.165, 1.54) is 0 Å². The molecule has 1 N–H and O–H groups in total. The summed E-state index contributed by atoms with van der Waals surface area (Å²) in [7, 11) is 0. The standard InChI is InChI=1S/C8H13F4NO/c9-7(10)8(11,12)5-14-4-6-2-1-3-13-6/h6-7,13H,1-5H2/t6-/m0/s1. The molecule has 0 unspecified atom stereocenters. The van der Waals surface area contributed by atoms with Crippen LogP contribution in [0.5, 0.6) is 0 Å². The first-order valence-electron chi connectivity index (χ1n) is 4.49. The number of nitrogens with one attached hydrogen (secondary N) is 1. The van der Waals surface area contributed by atoms with Crippen LogP contribution in [0.3, 0.4) is 0 Å². The van der Waals surface area contributed by atoms with Crippen molar-refractivity contribution in [2.45, 2.75) is 31.2 Å². The monoisotopic (exact) mass is 215 g/mol. The van der Waals surface area contributed by atoms with Crippen molar-refractivity contribution in [1.29, 1.82) is 0 Å². The second-order valence-corrected chi connectivity index (χ2v) is 3.37. The van der Waals surface area contributed by atoms with Gasteiger partial charge in [0.05, 0.1) is 6.61 Å². The lowest BCUT2D eigenvalue weighted by atomic mass is 10.2. The first-order chi connectivity index (χ1) is 6.52. The van der Waals surface area contributed by atoms with E-state index in [0.29, 0.717) is 0 Å². The van der Waals surface area contributed by atoms with Gasteiger partial charge in [-0.25, -0.2) is 8.78 Å². The van der Waals surface area contributed by atoms with Crippen LogP contribution in [-0.2, 0) is 4.74 Å². The van der Waals surface area contributed by atoms with Crippen LogP contribution in [-0.4, -0.2) is 38.1 Å². The lowest BCUT2D eigenvalue weighted by molar-refractivity contribution is -0.166. The van der Waals surface area contributed by atoms with Gasteiger partial charge in [0.25, 0.3) is 0 Å². The van der Waals surface area contributed by atoms with E-state index < -0.39 is 19.0 Å². The Hall–Kier alpha value is -0.360. The molecule has 1 rings (SSSR count). The van der Waals surface area contributed by atoms with E-state index in [1.807, 2.05) is 0 Å². The van der Waals surface area contributed by atoms with E-state index in [0.717, 1.165) is 19.4 Å². The van der Waals surface area contributed by atoms with Crippen LogP contribution in [0.1, 0.15) is 12.8 Å². The lowest BCUT2D eigenvalue weighted by Gasteiger charge is -2.17. The minimum atomic E-state index is -4.03. The van der Waals surface area contributed by atoms with Crippen LogP contribution in [0.25, 0.3) is 0 Å². The second kappa shape index (κ2) is 4.93. The molecule has 1 saturated heterocycles. The molecule has 14 heavy (non-hydrogen) atoms. The number of rotatable bonds is 5. The number of hydrogen-bond acceptors (Lipinski definition) is 2. The van der Waals surface area contributed by atoms with Crippen LogP contribution < -0.4 is 5.32 Å². The van der Waals surface area contributed by atoms with Crippen molar-refractivity contribution < 1.29 is 22.3 Å². The molecule has 0 aromatic heterocycles. The maximum Gasteiger partial charge on any atom is 0.330 e. The Bertz CT molecular complexity index is 171. The predicted molar refractivity (Wildman–Crippen MR) is 42.8 cm³/mol. The molecule has 2 nitrogen and oxygen atoms in total. The third kappa shape index (κ3) is 3.42. The van der Waals surface area contributed by atoms with E-state index in [9.17, 15) is 17.6 Å². The highest BCUT2D eigenvalue weighted by Crippen LogP contribution is 2.23. The second-order valence-electron chi connectivity index (χ2n) is 3.37. The number of hydrogen-bond donors (Lipinski definition) is 1. The average Bonchev–Trinajstić information content (AvgIpc) is 2.56. The van der Waals surface area contributed by atoms with Crippen LogP contribution in [0.15, 0.2) is 0 Å². The lowest BCUT2D eigenvalue weighted by Crippen LogP contribution is -2.35. The molecule has 1 aliphatic rings. The summed E-state index contributed by atoms with van der Waals surface area (Å²) in [4.78, 5) is 0. The first kappa shape index (κ1) is 11.7. The van der Waals surface area contributed by atoms with E-state index >= 15 is 0 Å². The molecule has 1 aliphatic heterocycles. The van der Waals surface area contributed by atoms with Crippen molar-refractivity contribution in [3.05, 3.63) is 0 Å². The van der Waals surface area contributed by atoms with E-state index in [2.05, 4.69) is 10.1 Å². The van der Waals surface area contributed by atoms with Gasteiger partial charge in [0.15, 0.2) is 0 Å². The van der Waals surface area contributed by atoms with Gasteiger partial charge in [-0.1, -0.05) is 0 Å². The third-order valence-electron chi connectivity index (χ3n) is 2.10. The molecular weight excluding hydrogens is 202 g/mol. The van der Waals surface area contributed by atoms with Crippen LogP contribution in [0.4, 0.5) is 17.6 Å². The fourth-order valence-electron chi connectivity index (χ4n) is 1.30. The molecule has 0 bridgehead atoms. The molecule has 1 atom stereocenters. The molecule has 0 amide bonds. The molecule has 6 heteroatoms. The summed E-state index contributed by atoms with van der Waals surface area (Å²) < 4.78 is 52.5. The maximum absolute atomic E-state index is 12.3. The zero-order valence-electron chi connectivity index (χ0n) is 7.61. The SMILES string of the molecule is FC(F)C(F)(F)COC[C@@H]1CCCN1. The molecule has 0 aliphatic carbocycles. The van der Waals surface area contributed by atoms with E-state index in [1.54, 1.807) is 0 Å². The maximum atomic E-state index is 12.3. The Morgan fingerprint density at radius 3 is 2.64 bits per heavy atom. The van der Waals surface area contributed by atoms with Gasteiger partial charge >= 0.3 is 12.3 Å². The topological polar surface area (TPSA) is 21.3 Å². The van der Waals surface area contributed by atoms with Crippen molar-refractivity contribution in [3.8, 4) is 0 Å². The van der Waals surface area contributed by atoms with Gasteiger partial charge < -0.3 is 10.1 Å². The number of ether oxygens (including phenoxy) is 1. The molecule has 1 fully saturated rings. The summed E-state index contributed by atoms with van der Waals surface area (Å²) in [6.45, 7) is -0.301. The van der Waals surface area contributed by atoms with Crippen molar-refractivity contribution in [2.75, 3.05) is 19.8 Å². The molecule has 0 radical (unpaired) electrons. The summed E-state index contributed by atoms with van der Waals surface area (Å²) in [6, 6.07) is 0.0310. The summed E-state index contributed by atoms with van der Waals surface area (Å²) >= 11 is 0. The predicted octanol–water partition coefficient (Wildman–Crippen LogP) is 1.66. The van der Waals surface area contributed by atoms with Crippen molar-refractivity contribution in [3.63, 3.8) is 0 Å². The average molecular weight is 215 g/mol. The van der Waals surface area contributed by atoms with Crippen LogP contribution in [0, 0.1) is 0 Å². The number of alkyl halides is 4. The Kier molecular flexibility index (Phi) is 4.12. The Morgan fingerprint density at radius 1 is 1.43 bits per heavy atom. The molecular formula is C8H13F4NO. The van der Waals surface area contributed by atoms with Gasteiger partial charge in [0.1, 0.15) is 6.61 Å². The highest BCUT2D eigenvalue weighted by Gasteiger charge is 2.41. The van der Waals surface area contributed by atoms with Gasteiger partial charge in [-0.2, -0.15) is 8.78 Å². The summed E-state index contributed by atoms with van der Waals surface area (Å²) in [5.41, 5.74) is 0. The number of halogens is 4. The summed E-state index contributed by atoms with van der Waals surface area (Å²) in [6.07, 6.45) is -1.83. The Morgan fingerprint density at radius 2 is 2.14 bits per heavy atom. The van der Waals surface area contributed by atoms with Gasteiger partial charge in [-0.05, 0) is 19.4 Å². The quantitative estimate of drug-likeness (QED) is 0.704. The van der Waals surface area contributed by atoms with Crippen molar-refractivity contribution >= 4 is 0 Å². The van der Waals surface area contributed by atoms with Crippen molar-refractivity contribution in [1.82, 2.24) is 5.32 Å². The van der Waals surface area contributed by atoms with Crippen LogP contribution in [0.2, 0.25) is 0 Å². The highest BCUT2D eigenvalue weighted by atomic mass is 19.3. The van der Waals surface area contributed by atoms with Crippen molar-refractivity contribution in [2.24, 2.45) is 0 Å². The molecule has 1 heterocycles. The third-order valence-corrected chi connectivity index (χ3v) is 2.10. The molecule has 0 aromatic rings. The molecule has 84 valence electrons. The largest absolute Gasteiger partial charge is 0.373 e. The summed E-state index contributed by atoms with van der Waals surface area (Å²) in [5, 5.41) is 3.01. The fourth-order valence-corrected chi connectivity index (χ4v) is 1.30. The molecule has 0 spiro atoms. The smallest absolute Gasteiger partial charge is 0.330 e. The summed E-state index contributed by atoms with van der Waals surface area (Å²) in [5.74, 6) is -4.03. The zero-order chi connectivity index (χ0) is 10.6. The minimum absolute atomic E-state index is 0.0310. The zero-order valence-corrected chi connectivity index (χ0v) is 7.61. The normalized spacial score (nSPS) is 23.4.